The second-order valence-corrected chi connectivity index (χ2v) is 7.58. The first kappa shape index (κ1) is 22.1. The number of fused-ring (bicyclic) bond motifs is 2. The van der Waals surface area contributed by atoms with Crippen molar-refractivity contribution < 1.29 is 37.7 Å². The average molecular weight is 472 g/mol. The van der Waals surface area contributed by atoms with Gasteiger partial charge >= 0.3 is 5.97 Å². The van der Waals surface area contributed by atoms with Crippen LogP contribution in [0, 0.1) is 0 Å². The Bertz CT molecular complexity index is 1490. The number of rotatable bonds is 6. The topological polar surface area (TPSA) is 93.4 Å². The lowest BCUT2D eigenvalue weighted by molar-refractivity contribution is 0.0703. The summed E-state index contributed by atoms with van der Waals surface area (Å²) in [7, 11) is 4.61. The highest BCUT2D eigenvalue weighted by Crippen LogP contribution is 2.37. The summed E-state index contributed by atoms with van der Waals surface area (Å²) in [5.74, 6) is 1.30. The monoisotopic (exact) mass is 472 g/mol. The molecule has 0 fully saturated rings. The lowest BCUT2D eigenvalue weighted by Gasteiger charge is -2.08. The highest BCUT2D eigenvalue weighted by Gasteiger charge is 2.29. The lowest BCUT2D eigenvalue weighted by Crippen LogP contribution is -2.07. The average Bonchev–Trinajstić information content (AvgIpc) is 3.45. The minimum atomic E-state index is -0.690. The van der Waals surface area contributed by atoms with Crippen LogP contribution in [0.2, 0.25) is 0 Å². The molecule has 0 amide bonds. The third-order valence-corrected chi connectivity index (χ3v) is 5.50. The molecule has 3 aromatic carbocycles. The number of esters is 1. The molecule has 2 heterocycles. The maximum Gasteiger partial charge on any atom is 0.379 e. The zero-order valence-corrected chi connectivity index (χ0v) is 19.1. The first-order valence-corrected chi connectivity index (χ1v) is 10.6. The van der Waals surface area contributed by atoms with Crippen molar-refractivity contribution in [2.75, 3.05) is 21.3 Å². The molecule has 0 atom stereocenters. The van der Waals surface area contributed by atoms with E-state index in [0.29, 0.717) is 39.3 Å². The van der Waals surface area contributed by atoms with Gasteiger partial charge in [0.1, 0.15) is 23.0 Å². The Morgan fingerprint density at radius 1 is 0.857 bits per heavy atom. The van der Waals surface area contributed by atoms with Gasteiger partial charge in [-0.1, -0.05) is 12.1 Å². The zero-order valence-electron chi connectivity index (χ0n) is 19.1. The molecule has 35 heavy (non-hydrogen) atoms. The molecule has 8 nitrogen and oxygen atoms in total. The number of carbonyl (C=O) groups excluding carboxylic acids is 2. The summed E-state index contributed by atoms with van der Waals surface area (Å²) in [6.45, 7) is 0. The number of hydrogen-bond acceptors (Lipinski definition) is 8. The third-order valence-electron chi connectivity index (χ3n) is 5.50. The maximum absolute atomic E-state index is 12.9. The molecule has 1 aliphatic rings. The van der Waals surface area contributed by atoms with E-state index in [1.165, 1.54) is 26.4 Å². The van der Waals surface area contributed by atoms with Gasteiger partial charge in [-0.25, -0.2) is 4.79 Å². The number of ketones is 1. The molecule has 1 aliphatic heterocycles. The fourth-order valence-electron chi connectivity index (χ4n) is 3.78. The number of Topliss-reactive ketones (excluding diaryl/α,β-unsaturated/α-hetero) is 1. The van der Waals surface area contributed by atoms with Crippen LogP contribution in [0.3, 0.4) is 0 Å². The summed E-state index contributed by atoms with van der Waals surface area (Å²) in [5.41, 5.74) is 1.42. The molecule has 0 saturated carbocycles. The molecule has 176 valence electrons. The van der Waals surface area contributed by atoms with E-state index in [0.717, 1.165) is 0 Å². The number of furan rings is 1. The van der Waals surface area contributed by atoms with Gasteiger partial charge in [0.25, 0.3) is 0 Å². The molecule has 0 bridgehead atoms. The molecule has 0 saturated heterocycles. The van der Waals surface area contributed by atoms with Gasteiger partial charge in [-0.05, 0) is 48.5 Å². The van der Waals surface area contributed by atoms with Gasteiger partial charge < -0.3 is 28.1 Å². The van der Waals surface area contributed by atoms with E-state index < -0.39 is 5.97 Å². The van der Waals surface area contributed by atoms with Gasteiger partial charge in [-0.15, -0.1) is 0 Å². The van der Waals surface area contributed by atoms with E-state index in [1.807, 2.05) is 0 Å². The van der Waals surface area contributed by atoms with Gasteiger partial charge in [-0.3, -0.25) is 4.79 Å². The molecule has 5 rings (SSSR count). The van der Waals surface area contributed by atoms with Crippen LogP contribution in [-0.4, -0.2) is 33.1 Å². The number of methoxy groups -OCH3 is 3. The molecular weight excluding hydrogens is 452 g/mol. The molecule has 0 unspecified atom stereocenters. The van der Waals surface area contributed by atoms with Crippen molar-refractivity contribution >= 4 is 28.8 Å². The van der Waals surface area contributed by atoms with Crippen molar-refractivity contribution in [1.82, 2.24) is 0 Å². The highest BCUT2D eigenvalue weighted by atomic mass is 16.6. The number of carbonyl (C=O) groups is 2. The zero-order chi connectivity index (χ0) is 24.5. The largest absolute Gasteiger partial charge is 0.497 e. The Hall–Kier alpha value is -4.72. The van der Waals surface area contributed by atoms with Gasteiger partial charge in [0, 0.05) is 17.0 Å². The fourth-order valence-corrected chi connectivity index (χ4v) is 3.78. The standard InChI is InChI=1S/C27H20O8/c1-30-17-8-10-20(31-2)16(11-17)13-23-25(28)19-9-7-18(14-22(19)34-23)33-27(29)24-12-15-5-4-6-21(32-3)26(15)35-24/h4-14H,1-3H3/b23-13-. The second-order valence-electron chi connectivity index (χ2n) is 7.58. The lowest BCUT2D eigenvalue weighted by atomic mass is 10.1. The van der Waals surface area contributed by atoms with Crippen LogP contribution in [0.4, 0.5) is 0 Å². The van der Waals surface area contributed by atoms with Gasteiger partial charge in [0.2, 0.25) is 11.5 Å². The van der Waals surface area contributed by atoms with Crippen molar-refractivity contribution in [1.29, 1.82) is 0 Å². The number of ether oxygens (including phenoxy) is 5. The SMILES string of the molecule is COc1ccc(OC)c(/C=C2\Oc3cc(OC(=O)c4cc5cccc(OC)c5o4)ccc3C2=O)c1. The summed E-state index contributed by atoms with van der Waals surface area (Å²) in [4.78, 5) is 25.6. The normalized spacial score (nSPS) is 13.5. The van der Waals surface area contributed by atoms with Crippen LogP contribution in [0.15, 0.2) is 70.8 Å². The molecule has 1 aromatic heterocycles. The molecule has 8 heteroatoms. The van der Waals surface area contributed by atoms with E-state index in [4.69, 9.17) is 28.1 Å². The van der Waals surface area contributed by atoms with E-state index in [2.05, 4.69) is 0 Å². The summed E-state index contributed by atoms with van der Waals surface area (Å²) in [6, 6.07) is 16.7. The van der Waals surface area contributed by atoms with Crippen molar-refractivity contribution in [3.63, 3.8) is 0 Å². The number of benzene rings is 3. The van der Waals surface area contributed by atoms with Crippen LogP contribution >= 0.6 is 0 Å². The van der Waals surface area contributed by atoms with Crippen LogP contribution in [0.1, 0.15) is 26.5 Å². The van der Waals surface area contributed by atoms with Crippen molar-refractivity contribution in [2.24, 2.45) is 0 Å². The number of hydrogen-bond donors (Lipinski definition) is 0. The third kappa shape index (κ3) is 4.06. The predicted octanol–water partition coefficient (Wildman–Crippen LogP) is 5.29. The minimum Gasteiger partial charge on any atom is -0.497 e. The molecule has 0 aliphatic carbocycles. The first-order chi connectivity index (χ1) is 17.0. The molecule has 0 radical (unpaired) electrons. The Kier molecular flexibility index (Phi) is 5.62. The molecular formula is C27H20O8. The van der Waals surface area contributed by atoms with Crippen molar-refractivity contribution in [3.8, 4) is 28.7 Å². The highest BCUT2D eigenvalue weighted by molar-refractivity contribution is 6.14. The second kappa shape index (κ2) is 8.90. The Labute approximate surface area is 200 Å². The first-order valence-electron chi connectivity index (χ1n) is 10.6. The molecule has 0 spiro atoms. The maximum atomic E-state index is 12.9. The summed E-state index contributed by atoms with van der Waals surface area (Å²) < 4.78 is 32.8. The van der Waals surface area contributed by atoms with E-state index >= 15 is 0 Å². The van der Waals surface area contributed by atoms with Crippen LogP contribution in [-0.2, 0) is 0 Å². The Morgan fingerprint density at radius 2 is 1.66 bits per heavy atom. The predicted molar refractivity (Wildman–Crippen MR) is 127 cm³/mol. The Balaban J connectivity index is 1.39. The van der Waals surface area contributed by atoms with Gasteiger partial charge in [-0.2, -0.15) is 0 Å². The number of allylic oxidation sites excluding steroid dienone is 1. The van der Waals surface area contributed by atoms with Crippen molar-refractivity contribution in [2.45, 2.75) is 0 Å². The summed E-state index contributed by atoms with van der Waals surface area (Å²) in [6.07, 6.45) is 1.58. The summed E-state index contributed by atoms with van der Waals surface area (Å²) in [5, 5.41) is 0.710. The molecule has 4 aromatic rings. The quantitative estimate of drug-likeness (QED) is 0.212. The molecule has 0 N–H and O–H groups in total. The van der Waals surface area contributed by atoms with Gasteiger partial charge in [0.15, 0.2) is 17.1 Å². The van der Waals surface area contributed by atoms with Crippen LogP contribution in [0.5, 0.6) is 28.7 Å². The fraction of sp³-hybridized carbons (Fsp3) is 0.111. The van der Waals surface area contributed by atoms with Crippen LogP contribution in [0.25, 0.3) is 17.0 Å². The number of para-hydroxylation sites is 1. The van der Waals surface area contributed by atoms with E-state index in [-0.39, 0.29) is 28.8 Å². The van der Waals surface area contributed by atoms with Crippen LogP contribution < -0.4 is 23.7 Å². The Morgan fingerprint density at radius 3 is 2.43 bits per heavy atom. The van der Waals surface area contributed by atoms with Crippen molar-refractivity contribution in [3.05, 3.63) is 83.3 Å². The van der Waals surface area contributed by atoms with Gasteiger partial charge in [0.05, 0.1) is 26.9 Å². The van der Waals surface area contributed by atoms with E-state index in [9.17, 15) is 9.59 Å². The van der Waals surface area contributed by atoms with E-state index in [1.54, 1.807) is 61.7 Å². The summed E-state index contributed by atoms with van der Waals surface area (Å²) >= 11 is 0. The smallest absolute Gasteiger partial charge is 0.379 e. The minimum absolute atomic E-state index is 0.0210.